The summed E-state index contributed by atoms with van der Waals surface area (Å²) >= 11 is 1.44. The number of hydrogen-bond acceptors (Lipinski definition) is 5. The third-order valence-corrected chi connectivity index (χ3v) is 6.28. The van der Waals surface area contributed by atoms with E-state index in [1.807, 2.05) is 6.07 Å². The Labute approximate surface area is 143 Å². The van der Waals surface area contributed by atoms with Gasteiger partial charge in [0.05, 0.1) is 4.88 Å². The molecule has 0 radical (unpaired) electrons. The van der Waals surface area contributed by atoms with E-state index in [1.54, 1.807) is 17.2 Å². The first-order valence-corrected chi connectivity index (χ1v) is 9.25. The molecule has 24 heavy (non-hydrogen) atoms. The molecular formula is C17H18N4O2S. The van der Waals surface area contributed by atoms with Crippen LogP contribution in [0.4, 0.5) is 0 Å². The third-order valence-electron chi connectivity index (χ3n) is 5.20. The molecule has 2 N–H and O–H groups in total. The van der Waals surface area contributed by atoms with Crippen LogP contribution in [0.2, 0.25) is 0 Å². The molecule has 6 nitrogen and oxygen atoms in total. The van der Waals surface area contributed by atoms with E-state index in [0.29, 0.717) is 17.8 Å². The number of nitrogens with zero attached hydrogens (tertiary/aromatic N) is 2. The molecule has 5 heterocycles. The number of pyridine rings is 1. The highest BCUT2D eigenvalue weighted by atomic mass is 32.1. The van der Waals surface area contributed by atoms with Crippen molar-refractivity contribution in [1.82, 2.24) is 20.5 Å². The average Bonchev–Trinajstić information content (AvgIpc) is 3.03. The van der Waals surface area contributed by atoms with Gasteiger partial charge in [-0.2, -0.15) is 0 Å². The summed E-state index contributed by atoms with van der Waals surface area (Å²) in [5.74, 6) is -0.0428. The van der Waals surface area contributed by atoms with Crippen molar-refractivity contribution in [2.75, 3.05) is 13.1 Å². The SMILES string of the molecule is O=C(N[C@@H]1C[C@H]2CC[C@@H]1N2)c1cc2sc(C(=O)N3CC3)cc2cn1. The lowest BCUT2D eigenvalue weighted by Crippen LogP contribution is -2.43. The maximum Gasteiger partial charge on any atom is 0.270 e. The Morgan fingerprint density at radius 1 is 1.29 bits per heavy atom. The van der Waals surface area contributed by atoms with Crippen LogP contribution in [0.5, 0.6) is 0 Å². The van der Waals surface area contributed by atoms with Crippen molar-refractivity contribution < 1.29 is 9.59 Å². The molecule has 3 aliphatic heterocycles. The summed E-state index contributed by atoms with van der Waals surface area (Å²) < 4.78 is 0.936. The van der Waals surface area contributed by atoms with Crippen molar-refractivity contribution in [3.05, 3.63) is 28.9 Å². The van der Waals surface area contributed by atoms with Gasteiger partial charge >= 0.3 is 0 Å². The molecule has 0 saturated carbocycles. The smallest absolute Gasteiger partial charge is 0.270 e. The minimum absolute atomic E-state index is 0.0789. The molecule has 5 rings (SSSR count). The molecule has 3 saturated heterocycles. The summed E-state index contributed by atoms with van der Waals surface area (Å²) in [6.45, 7) is 1.69. The van der Waals surface area contributed by atoms with Crippen molar-refractivity contribution >= 4 is 33.2 Å². The summed E-state index contributed by atoms with van der Waals surface area (Å²) in [5, 5.41) is 7.56. The number of carbonyl (C=O) groups excluding carboxylic acids is 2. The van der Waals surface area contributed by atoms with Gasteiger partial charge in [0.25, 0.3) is 11.8 Å². The number of amides is 2. The second-order valence-corrected chi connectivity index (χ2v) is 7.96. The zero-order valence-electron chi connectivity index (χ0n) is 13.1. The lowest BCUT2D eigenvalue weighted by atomic mass is 9.95. The summed E-state index contributed by atoms with van der Waals surface area (Å²) in [5.41, 5.74) is 0.429. The van der Waals surface area contributed by atoms with Crippen LogP contribution in [0.3, 0.4) is 0 Å². The summed E-state index contributed by atoms with van der Waals surface area (Å²) in [4.78, 5) is 31.5. The first kappa shape index (κ1) is 14.4. The Balaban J connectivity index is 1.36. The normalized spacial score (nSPS) is 27.7. The predicted molar refractivity (Wildman–Crippen MR) is 91.3 cm³/mol. The highest BCUT2D eigenvalue weighted by Crippen LogP contribution is 2.30. The van der Waals surface area contributed by atoms with E-state index in [0.717, 1.165) is 40.9 Å². The Hall–Kier alpha value is -1.99. The van der Waals surface area contributed by atoms with E-state index >= 15 is 0 Å². The first-order chi connectivity index (χ1) is 11.7. The predicted octanol–water partition coefficient (Wildman–Crippen LogP) is 1.37. The third kappa shape index (κ3) is 2.39. The quantitative estimate of drug-likeness (QED) is 0.827. The molecule has 124 valence electrons. The van der Waals surface area contributed by atoms with Gasteiger partial charge in [-0.15, -0.1) is 11.3 Å². The van der Waals surface area contributed by atoms with Gasteiger partial charge < -0.3 is 15.5 Å². The molecule has 3 aliphatic rings. The van der Waals surface area contributed by atoms with Crippen LogP contribution in [0.1, 0.15) is 39.4 Å². The fourth-order valence-electron chi connectivity index (χ4n) is 3.80. The molecule has 7 heteroatoms. The van der Waals surface area contributed by atoms with E-state index in [-0.39, 0.29) is 17.9 Å². The second kappa shape index (κ2) is 5.26. The number of hydrogen-bond donors (Lipinski definition) is 2. The Bertz CT molecular complexity index is 844. The number of nitrogens with one attached hydrogen (secondary N) is 2. The summed E-state index contributed by atoms with van der Waals surface area (Å²) in [6.07, 6.45) is 5.05. The van der Waals surface area contributed by atoms with E-state index in [9.17, 15) is 9.59 Å². The molecule has 2 bridgehead atoms. The van der Waals surface area contributed by atoms with Crippen LogP contribution in [-0.2, 0) is 0 Å². The van der Waals surface area contributed by atoms with Gasteiger partial charge in [-0.3, -0.25) is 14.6 Å². The summed E-state index contributed by atoms with van der Waals surface area (Å²) in [7, 11) is 0. The maximum absolute atomic E-state index is 12.5. The fourth-order valence-corrected chi connectivity index (χ4v) is 4.84. The van der Waals surface area contributed by atoms with Crippen molar-refractivity contribution in [3.8, 4) is 0 Å². The molecular weight excluding hydrogens is 324 g/mol. The largest absolute Gasteiger partial charge is 0.346 e. The summed E-state index contributed by atoms with van der Waals surface area (Å²) in [6, 6.07) is 4.83. The van der Waals surface area contributed by atoms with Crippen molar-refractivity contribution in [2.24, 2.45) is 0 Å². The molecule has 3 atom stereocenters. The van der Waals surface area contributed by atoms with Gasteiger partial charge in [0.2, 0.25) is 0 Å². The van der Waals surface area contributed by atoms with E-state index in [2.05, 4.69) is 15.6 Å². The van der Waals surface area contributed by atoms with Gasteiger partial charge in [-0.25, -0.2) is 0 Å². The van der Waals surface area contributed by atoms with Gasteiger partial charge in [0.1, 0.15) is 5.69 Å². The van der Waals surface area contributed by atoms with Crippen molar-refractivity contribution in [3.63, 3.8) is 0 Å². The zero-order chi connectivity index (χ0) is 16.3. The minimum atomic E-state index is -0.122. The lowest BCUT2D eigenvalue weighted by molar-refractivity contribution is 0.0888. The van der Waals surface area contributed by atoms with Crippen LogP contribution in [0.15, 0.2) is 18.3 Å². The molecule has 2 aromatic rings. The number of carbonyl (C=O) groups is 2. The number of thiophene rings is 1. The van der Waals surface area contributed by atoms with Gasteiger partial charge in [-0.1, -0.05) is 0 Å². The molecule has 0 aromatic carbocycles. The van der Waals surface area contributed by atoms with E-state index in [4.69, 9.17) is 0 Å². The minimum Gasteiger partial charge on any atom is -0.346 e. The fraction of sp³-hybridized carbons (Fsp3) is 0.471. The topological polar surface area (TPSA) is 74.1 Å². The lowest BCUT2D eigenvalue weighted by Gasteiger charge is -2.21. The maximum atomic E-state index is 12.5. The highest BCUT2D eigenvalue weighted by molar-refractivity contribution is 7.20. The van der Waals surface area contributed by atoms with Crippen LogP contribution < -0.4 is 10.6 Å². The number of rotatable bonds is 3. The first-order valence-electron chi connectivity index (χ1n) is 8.43. The standard InChI is InChI=1S/C17H18N4O2S/c22-16(20-12-6-10-1-2-11(12)19-10)13-7-14-9(8-18-13)5-15(24-14)17(23)21-3-4-21/h5,7-8,10-12,19H,1-4,6H2,(H,20,22)/t10-,11+,12-/m1/s1. The molecule has 2 amide bonds. The van der Waals surface area contributed by atoms with Crippen LogP contribution in [-0.4, -0.2) is 52.9 Å². The molecule has 2 aromatic heterocycles. The van der Waals surface area contributed by atoms with Gasteiger partial charge in [-0.05, 0) is 31.4 Å². The molecule has 3 fully saturated rings. The second-order valence-electron chi connectivity index (χ2n) is 6.87. The molecule has 0 aliphatic carbocycles. The molecule has 0 unspecified atom stereocenters. The van der Waals surface area contributed by atoms with Crippen LogP contribution in [0, 0.1) is 0 Å². The number of fused-ring (bicyclic) bond motifs is 3. The van der Waals surface area contributed by atoms with E-state index < -0.39 is 0 Å². The van der Waals surface area contributed by atoms with Crippen molar-refractivity contribution in [1.29, 1.82) is 0 Å². The van der Waals surface area contributed by atoms with E-state index in [1.165, 1.54) is 17.8 Å². The zero-order valence-corrected chi connectivity index (χ0v) is 13.9. The Morgan fingerprint density at radius 2 is 2.17 bits per heavy atom. The highest BCUT2D eigenvalue weighted by Gasteiger charge is 2.39. The van der Waals surface area contributed by atoms with Crippen LogP contribution in [0.25, 0.3) is 10.1 Å². The number of aromatic nitrogens is 1. The van der Waals surface area contributed by atoms with Gasteiger partial charge in [0.15, 0.2) is 0 Å². The van der Waals surface area contributed by atoms with Gasteiger partial charge in [0, 0.05) is 47.5 Å². The van der Waals surface area contributed by atoms with Crippen LogP contribution >= 0.6 is 11.3 Å². The Kier molecular flexibility index (Phi) is 3.14. The average molecular weight is 342 g/mol. The monoisotopic (exact) mass is 342 g/mol. The van der Waals surface area contributed by atoms with Crippen molar-refractivity contribution in [2.45, 2.75) is 37.4 Å². The molecule has 0 spiro atoms. The Morgan fingerprint density at radius 3 is 2.88 bits per heavy atom.